The number of imidazole rings is 1. The molecule has 3 rings (SSSR count). The zero-order chi connectivity index (χ0) is 15.0. The summed E-state index contributed by atoms with van der Waals surface area (Å²) in [4.78, 5) is 4.43. The van der Waals surface area contributed by atoms with E-state index in [4.69, 9.17) is 0 Å². The SMILES string of the molecule is OCC1CCn2cc(-c3cccc(C(F)(F)F)c3)nc2C1. The predicted molar refractivity (Wildman–Crippen MR) is 71.6 cm³/mol. The van der Waals surface area contributed by atoms with E-state index in [1.54, 1.807) is 12.3 Å². The lowest BCUT2D eigenvalue weighted by Gasteiger charge is -2.20. The Kier molecular flexibility index (Phi) is 3.49. The number of benzene rings is 1. The number of rotatable bonds is 2. The number of alkyl halides is 3. The summed E-state index contributed by atoms with van der Waals surface area (Å²) in [6.07, 6.45) is -1.03. The van der Waals surface area contributed by atoms with Crippen molar-refractivity contribution >= 4 is 0 Å². The highest BCUT2D eigenvalue weighted by Crippen LogP contribution is 2.32. The van der Waals surface area contributed by atoms with Gasteiger partial charge < -0.3 is 9.67 Å². The summed E-state index contributed by atoms with van der Waals surface area (Å²) in [7, 11) is 0. The van der Waals surface area contributed by atoms with Crippen molar-refractivity contribution in [1.29, 1.82) is 0 Å². The van der Waals surface area contributed by atoms with Gasteiger partial charge in [-0.05, 0) is 24.5 Å². The molecular weight excluding hydrogens is 281 g/mol. The van der Waals surface area contributed by atoms with E-state index in [2.05, 4.69) is 4.98 Å². The Morgan fingerprint density at radius 3 is 2.86 bits per heavy atom. The van der Waals surface area contributed by atoms with E-state index in [9.17, 15) is 18.3 Å². The first-order chi connectivity index (χ1) is 9.97. The van der Waals surface area contributed by atoms with Gasteiger partial charge in [0.15, 0.2) is 0 Å². The van der Waals surface area contributed by atoms with Crippen LogP contribution in [0.4, 0.5) is 13.2 Å². The molecule has 6 heteroatoms. The molecule has 1 N–H and O–H groups in total. The number of aliphatic hydroxyl groups is 1. The highest BCUT2D eigenvalue weighted by molar-refractivity contribution is 5.60. The van der Waals surface area contributed by atoms with Crippen LogP contribution >= 0.6 is 0 Å². The van der Waals surface area contributed by atoms with Gasteiger partial charge in [-0.2, -0.15) is 13.2 Å². The van der Waals surface area contributed by atoms with Gasteiger partial charge in [-0.25, -0.2) is 4.98 Å². The Hall–Kier alpha value is -1.82. The molecule has 1 atom stereocenters. The molecule has 1 aromatic carbocycles. The number of hydrogen-bond acceptors (Lipinski definition) is 2. The van der Waals surface area contributed by atoms with Gasteiger partial charge in [-0.3, -0.25) is 0 Å². The third-order valence-corrected chi connectivity index (χ3v) is 3.85. The van der Waals surface area contributed by atoms with Gasteiger partial charge in [-0.1, -0.05) is 12.1 Å². The molecule has 21 heavy (non-hydrogen) atoms. The van der Waals surface area contributed by atoms with E-state index in [-0.39, 0.29) is 12.5 Å². The smallest absolute Gasteiger partial charge is 0.396 e. The maximum atomic E-state index is 12.8. The number of nitrogens with zero attached hydrogens (tertiary/aromatic N) is 2. The summed E-state index contributed by atoms with van der Waals surface area (Å²) in [5.41, 5.74) is 0.348. The molecule has 0 fully saturated rings. The molecule has 112 valence electrons. The summed E-state index contributed by atoms with van der Waals surface area (Å²) >= 11 is 0. The van der Waals surface area contributed by atoms with Crippen molar-refractivity contribution in [3.8, 4) is 11.3 Å². The Morgan fingerprint density at radius 1 is 1.33 bits per heavy atom. The first-order valence-corrected chi connectivity index (χ1v) is 6.82. The molecule has 3 nitrogen and oxygen atoms in total. The van der Waals surface area contributed by atoms with Crippen LogP contribution in [0.25, 0.3) is 11.3 Å². The average molecular weight is 296 g/mol. The fraction of sp³-hybridized carbons (Fsp3) is 0.400. The molecule has 0 saturated carbocycles. The fourth-order valence-electron chi connectivity index (χ4n) is 2.64. The third kappa shape index (κ3) is 2.81. The molecule has 1 aromatic heterocycles. The topological polar surface area (TPSA) is 38.0 Å². The Balaban J connectivity index is 1.94. The van der Waals surface area contributed by atoms with E-state index >= 15 is 0 Å². The normalized spacial score (nSPS) is 18.6. The molecule has 1 unspecified atom stereocenters. The van der Waals surface area contributed by atoms with Crippen LogP contribution in [0.3, 0.4) is 0 Å². The largest absolute Gasteiger partial charge is 0.416 e. The number of aromatic nitrogens is 2. The summed E-state index contributed by atoms with van der Waals surface area (Å²) < 4.78 is 40.2. The van der Waals surface area contributed by atoms with Gasteiger partial charge >= 0.3 is 6.18 Å². The van der Waals surface area contributed by atoms with Crippen LogP contribution in [0.15, 0.2) is 30.5 Å². The highest BCUT2D eigenvalue weighted by Gasteiger charge is 2.30. The van der Waals surface area contributed by atoms with Crippen LogP contribution in [0.1, 0.15) is 17.8 Å². The maximum absolute atomic E-state index is 12.8. The molecule has 0 saturated heterocycles. The molecule has 1 aliphatic rings. The zero-order valence-corrected chi connectivity index (χ0v) is 11.3. The second-order valence-electron chi connectivity index (χ2n) is 5.36. The molecule has 0 radical (unpaired) electrons. The first-order valence-electron chi connectivity index (χ1n) is 6.82. The third-order valence-electron chi connectivity index (χ3n) is 3.85. The molecule has 0 amide bonds. The van der Waals surface area contributed by atoms with Crippen molar-refractivity contribution in [3.63, 3.8) is 0 Å². The van der Waals surface area contributed by atoms with Crippen LogP contribution in [0, 0.1) is 5.92 Å². The molecule has 0 bridgehead atoms. The van der Waals surface area contributed by atoms with Gasteiger partial charge in [-0.15, -0.1) is 0 Å². The number of fused-ring (bicyclic) bond motifs is 1. The quantitative estimate of drug-likeness (QED) is 0.924. The Bertz CT molecular complexity index is 649. The minimum Gasteiger partial charge on any atom is -0.396 e. The van der Waals surface area contributed by atoms with Crippen molar-refractivity contribution in [2.24, 2.45) is 5.92 Å². The summed E-state index contributed by atoms with van der Waals surface area (Å²) in [6.45, 7) is 0.859. The van der Waals surface area contributed by atoms with E-state index in [0.717, 1.165) is 30.9 Å². The van der Waals surface area contributed by atoms with Crippen LogP contribution < -0.4 is 0 Å². The van der Waals surface area contributed by atoms with Crippen molar-refractivity contribution in [2.75, 3.05) is 6.61 Å². The summed E-state index contributed by atoms with van der Waals surface area (Å²) in [6, 6.07) is 5.21. The van der Waals surface area contributed by atoms with Crippen molar-refractivity contribution in [1.82, 2.24) is 9.55 Å². The summed E-state index contributed by atoms with van der Waals surface area (Å²) in [5, 5.41) is 9.20. The van der Waals surface area contributed by atoms with Crippen LogP contribution in [0.5, 0.6) is 0 Å². The number of aliphatic hydroxyl groups excluding tert-OH is 1. The lowest BCUT2D eigenvalue weighted by Crippen LogP contribution is -2.21. The number of aryl methyl sites for hydroxylation is 1. The Morgan fingerprint density at radius 2 is 2.14 bits per heavy atom. The fourth-order valence-corrected chi connectivity index (χ4v) is 2.64. The number of hydrogen-bond donors (Lipinski definition) is 1. The molecule has 0 aliphatic carbocycles. The second kappa shape index (κ2) is 5.18. The standard InChI is InChI=1S/C15H15F3N2O/c16-15(17,18)12-3-1-2-11(7-12)13-8-20-5-4-10(9-21)6-14(20)19-13/h1-3,7-8,10,21H,4-6,9H2. The van der Waals surface area contributed by atoms with E-state index in [0.29, 0.717) is 17.7 Å². The first kappa shape index (κ1) is 14.1. The summed E-state index contributed by atoms with van der Waals surface area (Å²) in [5.74, 6) is 1.02. The van der Waals surface area contributed by atoms with E-state index < -0.39 is 11.7 Å². The van der Waals surface area contributed by atoms with Gasteiger partial charge in [0, 0.05) is 31.3 Å². The lowest BCUT2D eigenvalue weighted by molar-refractivity contribution is -0.137. The minimum absolute atomic E-state index is 0.117. The second-order valence-corrected chi connectivity index (χ2v) is 5.36. The van der Waals surface area contributed by atoms with Crippen LogP contribution in [-0.4, -0.2) is 21.3 Å². The van der Waals surface area contributed by atoms with Gasteiger partial charge in [0.2, 0.25) is 0 Å². The van der Waals surface area contributed by atoms with Crippen LogP contribution in [-0.2, 0) is 19.1 Å². The van der Waals surface area contributed by atoms with Crippen molar-refractivity contribution in [2.45, 2.75) is 25.6 Å². The van der Waals surface area contributed by atoms with E-state index in [1.165, 1.54) is 6.07 Å². The minimum atomic E-state index is -4.35. The monoisotopic (exact) mass is 296 g/mol. The predicted octanol–water partition coefficient (Wildman–Crippen LogP) is 3.12. The van der Waals surface area contributed by atoms with Gasteiger partial charge in [0.1, 0.15) is 5.82 Å². The molecular formula is C15H15F3N2O. The van der Waals surface area contributed by atoms with Crippen molar-refractivity contribution in [3.05, 3.63) is 41.9 Å². The highest BCUT2D eigenvalue weighted by atomic mass is 19.4. The van der Waals surface area contributed by atoms with E-state index in [1.807, 2.05) is 4.57 Å². The maximum Gasteiger partial charge on any atom is 0.416 e. The average Bonchev–Trinajstić information content (AvgIpc) is 2.89. The lowest BCUT2D eigenvalue weighted by atomic mass is 9.99. The van der Waals surface area contributed by atoms with Crippen LogP contribution in [0.2, 0.25) is 0 Å². The van der Waals surface area contributed by atoms with Gasteiger partial charge in [0.05, 0.1) is 11.3 Å². The number of halogens is 3. The molecule has 1 aliphatic heterocycles. The molecule has 2 aromatic rings. The molecule has 0 spiro atoms. The Labute approximate surface area is 120 Å². The van der Waals surface area contributed by atoms with Gasteiger partial charge in [0.25, 0.3) is 0 Å². The zero-order valence-electron chi connectivity index (χ0n) is 11.3. The molecule has 2 heterocycles. The van der Waals surface area contributed by atoms with Crippen molar-refractivity contribution < 1.29 is 18.3 Å².